The smallest absolute Gasteiger partial charge is 0.0998 e. The maximum Gasteiger partial charge on any atom is 0.153 e. The molecule has 0 heterocycles. The molecule has 0 aromatic rings. The van der Waals surface area contributed by atoms with Crippen LogP contribution in [-0.4, -0.2) is 15.3 Å². The third-order valence-corrected chi connectivity index (χ3v) is 1.16. The van der Waals surface area contributed by atoms with Crippen LogP contribution in [0.1, 0.15) is 0 Å². The molecule has 3 heteroatoms. The van der Waals surface area contributed by atoms with Crippen LogP contribution in [0.2, 0.25) is 0 Å². The van der Waals surface area contributed by atoms with Gasteiger partial charge in [-0.25, -0.2) is 0 Å². The zero-order valence-corrected chi connectivity index (χ0v) is 5.34. The number of rotatable bonds is 2. The van der Waals surface area contributed by atoms with E-state index in [0.717, 1.165) is 0 Å². The van der Waals surface area contributed by atoms with Gasteiger partial charge in [0.1, 0.15) is 0 Å². The molecule has 0 aromatic carbocycles. The third-order valence-electron chi connectivity index (χ3n) is 0.544. The van der Waals surface area contributed by atoms with Crippen LogP contribution in [0, 0.1) is 0 Å². The lowest BCUT2D eigenvalue weighted by Gasteiger charge is -2.03. The van der Waals surface area contributed by atoms with Crippen molar-refractivity contribution >= 4 is 34.2 Å². The minimum atomic E-state index is -0.944. The molecule has 0 aromatic heterocycles. The monoisotopic (exact) mass is 168 g/mol. The van der Waals surface area contributed by atoms with E-state index in [1.54, 1.807) is 0 Å². The molecule has 0 aliphatic heterocycles. The second-order valence-corrected chi connectivity index (χ2v) is 2.53. The minimum Gasteiger partial charge on any atom is -0.0998 e. The fourth-order valence-corrected chi connectivity index (χ4v) is 0.0833. The average Bonchev–Trinajstić information content (AvgIpc) is 1.68. The fourth-order valence-electron chi connectivity index (χ4n) is 0.0833. The second kappa shape index (κ2) is 4.19. The maximum absolute atomic E-state index is 5.43. The zero-order chi connectivity index (χ0) is 5.91. The molecule has 48 valence electrons. The summed E-state index contributed by atoms with van der Waals surface area (Å²) in [5.41, 5.74) is 0. The number of halogens is 2. The van der Waals surface area contributed by atoms with Crippen molar-refractivity contribution in [3.05, 3.63) is 25.3 Å². The van der Waals surface area contributed by atoms with Crippen LogP contribution in [0.5, 0.6) is 0 Å². The molecule has 0 aliphatic rings. The van der Waals surface area contributed by atoms with Crippen LogP contribution in [0.4, 0.5) is 0 Å². The molecule has 0 nitrogen and oxygen atoms in total. The summed E-state index contributed by atoms with van der Waals surface area (Å²) in [5.74, 6) is 0. The van der Waals surface area contributed by atoms with Gasteiger partial charge in [0.2, 0.25) is 0 Å². The standard InChI is InChI=1S/C5H6Cl2.H4Si/c1-3-5(6,7)4-2;/h3-4H,1-2H2;1H4. The summed E-state index contributed by atoms with van der Waals surface area (Å²) in [4.78, 5) is 0. The Morgan fingerprint density at radius 1 is 1.12 bits per heavy atom. The van der Waals surface area contributed by atoms with Gasteiger partial charge in [-0.1, -0.05) is 48.5 Å². The van der Waals surface area contributed by atoms with Gasteiger partial charge >= 0.3 is 0 Å². The van der Waals surface area contributed by atoms with E-state index in [1.165, 1.54) is 12.2 Å². The van der Waals surface area contributed by atoms with Gasteiger partial charge in [0.15, 0.2) is 4.33 Å². The lowest BCUT2D eigenvalue weighted by atomic mass is 10.4. The molecule has 0 rings (SSSR count). The Kier molecular flexibility index (Phi) is 5.82. The largest absolute Gasteiger partial charge is 0.153 e. The number of hydrogen-bond donors (Lipinski definition) is 0. The van der Waals surface area contributed by atoms with Gasteiger partial charge in [-0.2, -0.15) is 0 Å². The van der Waals surface area contributed by atoms with Crippen molar-refractivity contribution in [2.24, 2.45) is 0 Å². The molecule has 0 unspecified atom stereocenters. The summed E-state index contributed by atoms with van der Waals surface area (Å²) in [6, 6.07) is 0. The van der Waals surface area contributed by atoms with Crippen LogP contribution in [0.3, 0.4) is 0 Å². The molecule has 8 heavy (non-hydrogen) atoms. The second-order valence-electron chi connectivity index (χ2n) is 1.08. The Labute approximate surface area is 64.2 Å². The highest BCUT2D eigenvalue weighted by molar-refractivity contribution is 6.51. The van der Waals surface area contributed by atoms with Crippen molar-refractivity contribution in [1.82, 2.24) is 0 Å². The van der Waals surface area contributed by atoms with E-state index < -0.39 is 4.33 Å². The Morgan fingerprint density at radius 3 is 1.38 bits per heavy atom. The minimum absolute atomic E-state index is 0. The van der Waals surface area contributed by atoms with E-state index in [4.69, 9.17) is 23.2 Å². The lowest BCUT2D eigenvalue weighted by molar-refractivity contribution is 1.29. The van der Waals surface area contributed by atoms with E-state index >= 15 is 0 Å². The summed E-state index contributed by atoms with van der Waals surface area (Å²) in [6.45, 7) is 6.74. The molecule has 0 amide bonds. The van der Waals surface area contributed by atoms with Crippen LogP contribution in [0.25, 0.3) is 0 Å². The van der Waals surface area contributed by atoms with Crippen molar-refractivity contribution in [3.8, 4) is 0 Å². The first-order valence-corrected chi connectivity index (χ1v) is 2.53. The summed E-state index contributed by atoms with van der Waals surface area (Å²) < 4.78 is -0.944. The maximum atomic E-state index is 5.43. The Bertz CT molecular complexity index is 78.4. The van der Waals surface area contributed by atoms with Crippen molar-refractivity contribution in [1.29, 1.82) is 0 Å². The van der Waals surface area contributed by atoms with Crippen molar-refractivity contribution in [2.45, 2.75) is 4.33 Å². The molecule has 0 bridgehead atoms. The van der Waals surface area contributed by atoms with Gasteiger partial charge in [0.05, 0.1) is 0 Å². The van der Waals surface area contributed by atoms with E-state index in [0.29, 0.717) is 0 Å². The van der Waals surface area contributed by atoms with Gasteiger partial charge in [0, 0.05) is 0 Å². The zero-order valence-electron chi connectivity index (χ0n) is 3.82. The molecule has 0 saturated carbocycles. The highest BCUT2D eigenvalue weighted by Gasteiger charge is 2.10. The molecule has 0 saturated heterocycles. The Balaban J connectivity index is 0. The van der Waals surface area contributed by atoms with Crippen LogP contribution < -0.4 is 0 Å². The number of hydrogen-bond acceptors (Lipinski definition) is 0. The summed E-state index contributed by atoms with van der Waals surface area (Å²) in [6.07, 6.45) is 2.81. The Morgan fingerprint density at radius 2 is 1.38 bits per heavy atom. The summed E-state index contributed by atoms with van der Waals surface area (Å²) >= 11 is 10.9. The first-order valence-electron chi connectivity index (χ1n) is 1.77. The molecule has 0 atom stereocenters. The predicted octanol–water partition coefficient (Wildman–Crippen LogP) is 1.08. The average molecular weight is 169 g/mol. The van der Waals surface area contributed by atoms with Crippen molar-refractivity contribution in [2.75, 3.05) is 0 Å². The van der Waals surface area contributed by atoms with Crippen LogP contribution in [-0.2, 0) is 0 Å². The molecule has 0 spiro atoms. The van der Waals surface area contributed by atoms with E-state index in [2.05, 4.69) is 13.2 Å². The van der Waals surface area contributed by atoms with Crippen molar-refractivity contribution in [3.63, 3.8) is 0 Å². The molecular formula is C5H10Cl2Si. The normalized spacial score (nSPS) is 9.25. The molecule has 0 radical (unpaired) electrons. The molecule has 0 fully saturated rings. The summed E-state index contributed by atoms with van der Waals surface area (Å²) in [7, 11) is 0. The van der Waals surface area contributed by atoms with Gasteiger partial charge in [-0.15, -0.1) is 0 Å². The predicted molar refractivity (Wildman–Crippen MR) is 46.2 cm³/mol. The van der Waals surface area contributed by atoms with E-state index in [9.17, 15) is 0 Å². The topological polar surface area (TPSA) is 0 Å². The van der Waals surface area contributed by atoms with Crippen LogP contribution >= 0.6 is 23.2 Å². The van der Waals surface area contributed by atoms with E-state index in [1.807, 2.05) is 0 Å². The van der Waals surface area contributed by atoms with Crippen LogP contribution in [0.15, 0.2) is 25.3 Å². The molecule has 0 N–H and O–H groups in total. The van der Waals surface area contributed by atoms with Gasteiger partial charge in [-0.3, -0.25) is 0 Å². The fraction of sp³-hybridized carbons (Fsp3) is 0.200. The highest BCUT2D eigenvalue weighted by Crippen LogP contribution is 2.21. The molecular weight excluding hydrogens is 159 g/mol. The van der Waals surface area contributed by atoms with Gasteiger partial charge in [0.25, 0.3) is 0 Å². The molecule has 0 aliphatic carbocycles. The highest BCUT2D eigenvalue weighted by atomic mass is 35.5. The van der Waals surface area contributed by atoms with E-state index in [-0.39, 0.29) is 11.0 Å². The Hall–Kier alpha value is 0.277. The lowest BCUT2D eigenvalue weighted by Crippen LogP contribution is -1.99. The van der Waals surface area contributed by atoms with Gasteiger partial charge in [-0.05, 0) is 11.0 Å². The van der Waals surface area contributed by atoms with Gasteiger partial charge < -0.3 is 0 Å². The number of allylic oxidation sites excluding steroid dienone is 2. The quantitative estimate of drug-likeness (QED) is 0.329. The number of alkyl halides is 2. The third kappa shape index (κ3) is 4.44. The SMILES string of the molecule is C=CC(Cl)(Cl)C=C.[SiH4]. The first-order chi connectivity index (χ1) is 3.12. The first kappa shape index (κ1) is 11.1. The van der Waals surface area contributed by atoms with Crippen molar-refractivity contribution < 1.29 is 0 Å². The summed E-state index contributed by atoms with van der Waals surface area (Å²) in [5, 5.41) is 0.